The van der Waals surface area contributed by atoms with Crippen LogP contribution < -0.4 is 5.32 Å². The number of hydrogen-bond donors (Lipinski definition) is 1. The summed E-state index contributed by atoms with van der Waals surface area (Å²) in [6.45, 7) is 2.95. The van der Waals surface area contributed by atoms with Crippen LogP contribution in [0.15, 0.2) is 5.11 Å². The van der Waals surface area contributed by atoms with E-state index in [2.05, 4.69) is 22.3 Å². The van der Waals surface area contributed by atoms with Crippen molar-refractivity contribution in [2.24, 2.45) is 5.11 Å². The summed E-state index contributed by atoms with van der Waals surface area (Å²) < 4.78 is 4.70. The predicted octanol–water partition coefficient (Wildman–Crippen LogP) is 2.01. The summed E-state index contributed by atoms with van der Waals surface area (Å²) in [6.07, 6.45) is 3.97. The van der Waals surface area contributed by atoms with Gasteiger partial charge >= 0.3 is 5.97 Å². The van der Waals surface area contributed by atoms with E-state index in [1.165, 1.54) is 7.11 Å². The van der Waals surface area contributed by atoms with Gasteiger partial charge in [-0.25, -0.2) is 0 Å². The Morgan fingerprint density at radius 1 is 1.56 bits per heavy atom. The minimum absolute atomic E-state index is 0.253. The summed E-state index contributed by atoms with van der Waals surface area (Å²) in [5, 5.41) is 6.42. The lowest BCUT2D eigenvalue weighted by atomic mass is 10.1. The molecule has 0 aromatic carbocycles. The van der Waals surface area contributed by atoms with E-state index in [1.807, 2.05) is 0 Å². The SMILES string of the molecule is CCCCCC(NCCN=[N+]=[N-])C(=O)OC. The molecule has 0 rings (SSSR count). The molecule has 0 aliphatic rings. The molecule has 0 aliphatic heterocycles. The monoisotopic (exact) mass is 228 g/mol. The highest BCUT2D eigenvalue weighted by atomic mass is 16.5. The summed E-state index contributed by atoms with van der Waals surface area (Å²) >= 11 is 0. The maximum absolute atomic E-state index is 11.4. The van der Waals surface area contributed by atoms with Crippen molar-refractivity contribution in [3.63, 3.8) is 0 Å². The Morgan fingerprint density at radius 2 is 2.31 bits per heavy atom. The Morgan fingerprint density at radius 3 is 2.88 bits per heavy atom. The van der Waals surface area contributed by atoms with Crippen LogP contribution in [0.5, 0.6) is 0 Å². The highest BCUT2D eigenvalue weighted by molar-refractivity contribution is 5.75. The molecule has 1 atom stereocenters. The Balaban J connectivity index is 3.89. The lowest BCUT2D eigenvalue weighted by Crippen LogP contribution is -2.38. The number of azide groups is 1. The van der Waals surface area contributed by atoms with Gasteiger partial charge in [-0.3, -0.25) is 4.79 Å². The molecule has 0 aromatic heterocycles. The van der Waals surface area contributed by atoms with Gasteiger partial charge in [-0.15, -0.1) is 0 Å². The molecule has 0 aliphatic carbocycles. The summed E-state index contributed by atoms with van der Waals surface area (Å²) in [4.78, 5) is 14.0. The average Bonchev–Trinajstić information content (AvgIpc) is 2.31. The van der Waals surface area contributed by atoms with Crippen LogP contribution in [-0.4, -0.2) is 32.2 Å². The van der Waals surface area contributed by atoms with Gasteiger partial charge in [0.2, 0.25) is 0 Å². The summed E-state index contributed by atoms with van der Waals surface area (Å²) in [7, 11) is 1.38. The average molecular weight is 228 g/mol. The van der Waals surface area contributed by atoms with Gasteiger partial charge in [0.1, 0.15) is 6.04 Å². The second-order valence-corrected chi connectivity index (χ2v) is 3.48. The van der Waals surface area contributed by atoms with Crippen molar-refractivity contribution in [2.75, 3.05) is 20.2 Å². The fourth-order valence-electron chi connectivity index (χ4n) is 1.38. The zero-order chi connectivity index (χ0) is 12.2. The molecule has 0 aromatic rings. The minimum atomic E-state index is -0.287. The predicted molar refractivity (Wildman–Crippen MR) is 62.0 cm³/mol. The molecule has 0 bridgehead atoms. The molecule has 0 saturated carbocycles. The van der Waals surface area contributed by atoms with Crippen molar-refractivity contribution in [3.8, 4) is 0 Å². The van der Waals surface area contributed by atoms with Crippen molar-refractivity contribution in [1.29, 1.82) is 0 Å². The first-order valence-corrected chi connectivity index (χ1v) is 5.58. The number of unbranched alkanes of at least 4 members (excludes halogenated alkanes) is 2. The number of methoxy groups -OCH3 is 1. The number of nitrogens with zero attached hydrogens (tertiary/aromatic N) is 3. The van der Waals surface area contributed by atoms with Crippen LogP contribution >= 0.6 is 0 Å². The normalized spacial score (nSPS) is 11.6. The van der Waals surface area contributed by atoms with Gasteiger partial charge in [-0.2, -0.15) is 0 Å². The highest BCUT2D eigenvalue weighted by Crippen LogP contribution is 2.04. The van der Waals surface area contributed by atoms with E-state index in [0.29, 0.717) is 13.1 Å². The molecule has 1 unspecified atom stereocenters. The van der Waals surface area contributed by atoms with E-state index < -0.39 is 0 Å². The quantitative estimate of drug-likeness (QED) is 0.215. The second kappa shape index (κ2) is 10.3. The van der Waals surface area contributed by atoms with Crippen LogP contribution in [0.25, 0.3) is 10.4 Å². The third-order valence-corrected chi connectivity index (χ3v) is 2.25. The molecule has 6 nitrogen and oxygen atoms in total. The lowest BCUT2D eigenvalue weighted by Gasteiger charge is -2.15. The van der Waals surface area contributed by atoms with Gasteiger partial charge in [0.15, 0.2) is 0 Å². The van der Waals surface area contributed by atoms with Gasteiger partial charge in [-0.1, -0.05) is 31.3 Å². The van der Waals surface area contributed by atoms with Gasteiger partial charge in [0, 0.05) is 18.0 Å². The first-order valence-electron chi connectivity index (χ1n) is 5.58. The summed E-state index contributed by atoms with van der Waals surface area (Å²) in [5.41, 5.74) is 8.10. The van der Waals surface area contributed by atoms with Crippen molar-refractivity contribution in [3.05, 3.63) is 10.4 Å². The summed E-state index contributed by atoms with van der Waals surface area (Å²) in [5.74, 6) is -0.253. The zero-order valence-corrected chi connectivity index (χ0v) is 9.98. The third kappa shape index (κ3) is 7.09. The number of esters is 1. The maximum Gasteiger partial charge on any atom is 0.322 e. The van der Waals surface area contributed by atoms with E-state index in [1.54, 1.807) is 0 Å². The van der Waals surface area contributed by atoms with Crippen LogP contribution in [0.1, 0.15) is 32.6 Å². The van der Waals surface area contributed by atoms with Gasteiger partial charge in [-0.05, 0) is 12.0 Å². The molecule has 6 heteroatoms. The Bertz CT molecular complexity index is 239. The number of ether oxygens (including phenoxy) is 1. The number of carbonyl (C=O) groups is 1. The van der Waals surface area contributed by atoms with Crippen molar-refractivity contribution in [1.82, 2.24) is 5.32 Å². The van der Waals surface area contributed by atoms with Crippen LogP contribution in [0.4, 0.5) is 0 Å². The molecule has 0 radical (unpaired) electrons. The van der Waals surface area contributed by atoms with E-state index >= 15 is 0 Å². The topological polar surface area (TPSA) is 87.1 Å². The van der Waals surface area contributed by atoms with Crippen LogP contribution in [0, 0.1) is 0 Å². The number of carbonyl (C=O) groups excluding carboxylic acids is 1. The smallest absolute Gasteiger partial charge is 0.322 e. The third-order valence-electron chi connectivity index (χ3n) is 2.25. The number of hydrogen-bond acceptors (Lipinski definition) is 4. The van der Waals surface area contributed by atoms with Crippen LogP contribution in [-0.2, 0) is 9.53 Å². The largest absolute Gasteiger partial charge is 0.468 e. The van der Waals surface area contributed by atoms with E-state index in [9.17, 15) is 4.79 Å². The van der Waals surface area contributed by atoms with E-state index in [-0.39, 0.29) is 12.0 Å². The Labute approximate surface area is 96.0 Å². The molecule has 0 amide bonds. The van der Waals surface area contributed by atoms with Gasteiger partial charge in [0.25, 0.3) is 0 Å². The van der Waals surface area contributed by atoms with Crippen LogP contribution in [0.3, 0.4) is 0 Å². The second-order valence-electron chi connectivity index (χ2n) is 3.48. The van der Waals surface area contributed by atoms with Crippen LogP contribution in [0.2, 0.25) is 0 Å². The Hall–Kier alpha value is -1.26. The molecule has 92 valence electrons. The first kappa shape index (κ1) is 14.7. The molecule has 0 saturated heterocycles. The fraction of sp³-hybridized carbons (Fsp3) is 0.900. The van der Waals surface area contributed by atoms with Crippen molar-refractivity contribution < 1.29 is 9.53 Å². The minimum Gasteiger partial charge on any atom is -0.468 e. The number of nitrogens with one attached hydrogen (secondary N) is 1. The molecule has 16 heavy (non-hydrogen) atoms. The number of rotatable bonds is 9. The lowest BCUT2D eigenvalue weighted by molar-refractivity contribution is -0.143. The van der Waals surface area contributed by atoms with Gasteiger partial charge in [0.05, 0.1) is 7.11 Å². The molecule has 0 heterocycles. The summed E-state index contributed by atoms with van der Waals surface area (Å²) in [6, 6.07) is -0.287. The molecular formula is C10H20N4O2. The molecule has 0 fully saturated rings. The van der Waals surface area contributed by atoms with Crippen molar-refractivity contribution in [2.45, 2.75) is 38.6 Å². The standard InChI is InChI=1S/C10H20N4O2/c1-3-4-5-6-9(10(15)16-2)12-7-8-13-14-11/h9,12H,3-8H2,1-2H3. The molecule has 1 N–H and O–H groups in total. The molecular weight excluding hydrogens is 208 g/mol. The Kier molecular flexibility index (Phi) is 9.46. The zero-order valence-electron chi connectivity index (χ0n) is 9.98. The van der Waals surface area contributed by atoms with E-state index in [0.717, 1.165) is 25.7 Å². The van der Waals surface area contributed by atoms with E-state index in [4.69, 9.17) is 10.3 Å². The highest BCUT2D eigenvalue weighted by Gasteiger charge is 2.16. The maximum atomic E-state index is 11.4. The van der Waals surface area contributed by atoms with Gasteiger partial charge < -0.3 is 10.1 Å². The fourth-order valence-corrected chi connectivity index (χ4v) is 1.38. The molecule has 0 spiro atoms. The first-order chi connectivity index (χ1) is 7.76. The van der Waals surface area contributed by atoms with Crippen molar-refractivity contribution >= 4 is 5.97 Å².